The number of rotatable bonds is 7. The lowest BCUT2D eigenvalue weighted by Crippen LogP contribution is -2.22. The molecular weight excluding hydrogens is 705 g/mol. The second kappa shape index (κ2) is 15.3. The molecule has 2 aromatic heterocycles. The first-order valence-corrected chi connectivity index (χ1v) is 17.9. The van der Waals surface area contributed by atoms with Crippen LogP contribution in [0.15, 0.2) is 112 Å². The van der Waals surface area contributed by atoms with Crippen molar-refractivity contribution in [2.45, 2.75) is 12.8 Å². The molecule has 2 aliphatic rings. The largest absolute Gasteiger partial charge is 0.493 e. The second-order valence-electron chi connectivity index (χ2n) is 12.5. The number of nitrogens with zero attached hydrogens (tertiary/aromatic N) is 4. The second-order valence-corrected chi connectivity index (χ2v) is 13.6. The third-order valence-electron chi connectivity index (χ3n) is 9.26. The highest BCUT2D eigenvalue weighted by atomic mass is 32.1. The number of ether oxygens (including phenoxy) is 4. The Kier molecular flexibility index (Phi) is 10.2. The van der Waals surface area contributed by atoms with Gasteiger partial charge in [-0.2, -0.15) is 10.2 Å². The molecule has 0 unspecified atom stereocenters. The average Bonchev–Trinajstić information content (AvgIpc) is 3.85. The number of furan rings is 1. The highest BCUT2D eigenvalue weighted by Crippen LogP contribution is 2.37. The molecular formula is C42H38N4O7S. The van der Waals surface area contributed by atoms with E-state index in [4.69, 9.17) is 23.4 Å². The summed E-state index contributed by atoms with van der Waals surface area (Å²) in [6, 6.07) is 29.5. The van der Waals surface area contributed by atoms with Gasteiger partial charge >= 0.3 is 0 Å². The van der Waals surface area contributed by atoms with Gasteiger partial charge in [0, 0.05) is 41.0 Å². The molecule has 8 rings (SSSR count). The predicted molar refractivity (Wildman–Crippen MR) is 209 cm³/mol. The monoisotopic (exact) mass is 742 g/mol. The third kappa shape index (κ3) is 7.03. The number of carbonyl (C=O) groups excluding carboxylic acids is 2. The molecule has 11 nitrogen and oxygen atoms in total. The van der Waals surface area contributed by atoms with Crippen molar-refractivity contribution < 1.29 is 33.0 Å². The minimum absolute atomic E-state index is 0.0606. The maximum Gasteiger partial charge on any atom is 0.246 e. The van der Waals surface area contributed by atoms with Crippen LogP contribution in [0, 0.1) is 0 Å². The van der Waals surface area contributed by atoms with E-state index in [2.05, 4.69) is 28.4 Å². The van der Waals surface area contributed by atoms with Gasteiger partial charge in [0.05, 0.1) is 58.1 Å². The van der Waals surface area contributed by atoms with E-state index in [0.29, 0.717) is 28.7 Å². The molecule has 0 saturated carbocycles. The summed E-state index contributed by atoms with van der Waals surface area (Å²) in [4.78, 5) is 25.9. The third-order valence-corrected chi connectivity index (χ3v) is 10.4. The van der Waals surface area contributed by atoms with Crippen LogP contribution >= 0.6 is 11.3 Å². The van der Waals surface area contributed by atoms with Crippen LogP contribution in [-0.4, -0.2) is 75.8 Å². The molecule has 0 aliphatic carbocycles. The van der Waals surface area contributed by atoms with Gasteiger partial charge in [-0.1, -0.05) is 42.5 Å². The number of fused-ring (bicyclic) bond motifs is 3. The molecule has 0 atom stereocenters. The van der Waals surface area contributed by atoms with Crippen LogP contribution < -0.4 is 18.9 Å². The molecule has 54 heavy (non-hydrogen) atoms. The number of amides is 2. The van der Waals surface area contributed by atoms with E-state index in [1.54, 1.807) is 60.1 Å². The lowest BCUT2D eigenvalue weighted by atomic mass is 9.94. The van der Waals surface area contributed by atoms with Gasteiger partial charge in [-0.15, -0.1) is 11.3 Å². The van der Waals surface area contributed by atoms with Gasteiger partial charge in [0.1, 0.15) is 11.5 Å². The van der Waals surface area contributed by atoms with Crippen molar-refractivity contribution in [3.8, 4) is 34.3 Å². The minimum atomic E-state index is -0.0873. The van der Waals surface area contributed by atoms with Crippen LogP contribution in [0.4, 0.5) is 0 Å². The van der Waals surface area contributed by atoms with Crippen LogP contribution in [0.2, 0.25) is 0 Å². The van der Waals surface area contributed by atoms with Crippen LogP contribution in [0.1, 0.15) is 32.7 Å². The summed E-state index contributed by atoms with van der Waals surface area (Å²) in [5.74, 6) is 3.07. The Morgan fingerprint density at radius 1 is 0.611 bits per heavy atom. The van der Waals surface area contributed by atoms with Gasteiger partial charge in [-0.25, -0.2) is 10.0 Å². The molecule has 0 radical (unpaired) electrons. The molecule has 0 spiro atoms. The topological polar surface area (TPSA) is 115 Å². The van der Waals surface area contributed by atoms with Crippen LogP contribution in [0.25, 0.3) is 21.4 Å². The van der Waals surface area contributed by atoms with E-state index in [1.807, 2.05) is 72.8 Å². The zero-order chi connectivity index (χ0) is 37.9. The van der Waals surface area contributed by atoms with Crippen molar-refractivity contribution in [3.63, 3.8) is 0 Å². The number of hydrogen-bond donors (Lipinski definition) is 0. The van der Waals surface area contributed by atoms with E-state index < -0.39 is 0 Å². The Balaban J connectivity index is 0.000000167. The maximum absolute atomic E-state index is 12.5. The maximum atomic E-state index is 12.5. The summed E-state index contributed by atoms with van der Waals surface area (Å²) in [6.07, 6.45) is 2.16. The molecule has 0 bridgehead atoms. The molecule has 2 amide bonds. The number of hydrogen-bond acceptors (Lipinski definition) is 10. The van der Waals surface area contributed by atoms with E-state index in [9.17, 15) is 9.59 Å². The number of likely N-dealkylation sites (N-methyl/N-ethyl adjacent to an activating group) is 2. The normalized spacial score (nSPS) is 13.8. The van der Waals surface area contributed by atoms with Crippen LogP contribution in [-0.2, 0) is 22.4 Å². The van der Waals surface area contributed by atoms with Crippen molar-refractivity contribution >= 4 is 44.7 Å². The predicted octanol–water partition coefficient (Wildman–Crippen LogP) is 7.42. The molecule has 6 aromatic rings. The first-order valence-electron chi connectivity index (χ1n) is 17.0. The SMILES string of the molecule is COc1cc2c(cc1OC)C(c1cc3ccccc3s1)=NN(C)C(=O)C2.COc1cc2c(cc1OC)C(c1ccc(-c3ccco3)cc1)=NN(C)C(=O)C2. The molecule has 274 valence electrons. The smallest absolute Gasteiger partial charge is 0.246 e. The van der Waals surface area contributed by atoms with Crippen molar-refractivity contribution in [1.29, 1.82) is 0 Å². The van der Waals surface area contributed by atoms with Crippen LogP contribution in [0.3, 0.4) is 0 Å². The first-order chi connectivity index (χ1) is 26.2. The Labute approximate surface area is 316 Å². The first kappa shape index (κ1) is 36.0. The van der Waals surface area contributed by atoms with Gasteiger partial charge in [0.2, 0.25) is 11.8 Å². The fourth-order valence-electron chi connectivity index (χ4n) is 6.38. The van der Waals surface area contributed by atoms with Crippen molar-refractivity contribution in [3.05, 3.63) is 130 Å². The summed E-state index contributed by atoms with van der Waals surface area (Å²) in [7, 11) is 9.73. The van der Waals surface area contributed by atoms with E-state index in [1.165, 1.54) is 14.7 Å². The number of hydrazone groups is 2. The number of benzene rings is 4. The minimum Gasteiger partial charge on any atom is -0.493 e. The van der Waals surface area contributed by atoms with Gasteiger partial charge in [0.15, 0.2) is 23.0 Å². The van der Waals surface area contributed by atoms with Gasteiger partial charge in [-0.3, -0.25) is 9.59 Å². The summed E-state index contributed by atoms with van der Waals surface area (Å²) in [6.45, 7) is 0. The molecule has 0 fully saturated rings. The Morgan fingerprint density at radius 3 is 1.67 bits per heavy atom. The van der Waals surface area contributed by atoms with Gasteiger partial charge in [-0.05, 0) is 65.0 Å². The molecule has 12 heteroatoms. The number of carbonyl (C=O) groups is 2. The zero-order valence-electron chi connectivity index (χ0n) is 30.7. The summed E-state index contributed by atoms with van der Waals surface area (Å²) >= 11 is 1.66. The van der Waals surface area contributed by atoms with E-state index in [0.717, 1.165) is 55.1 Å². The molecule has 0 N–H and O–H groups in total. The Bertz CT molecular complexity index is 2380. The lowest BCUT2D eigenvalue weighted by molar-refractivity contribution is -0.129. The highest BCUT2D eigenvalue weighted by molar-refractivity contribution is 7.21. The Hall–Kier alpha value is -6.40. The summed E-state index contributed by atoms with van der Waals surface area (Å²) in [5.41, 5.74) is 6.82. The molecule has 0 saturated heterocycles. The quantitative estimate of drug-likeness (QED) is 0.167. The van der Waals surface area contributed by atoms with Gasteiger partial charge < -0.3 is 23.4 Å². The van der Waals surface area contributed by atoms with E-state index in [-0.39, 0.29) is 24.7 Å². The van der Waals surface area contributed by atoms with Crippen molar-refractivity contribution in [2.75, 3.05) is 42.5 Å². The van der Waals surface area contributed by atoms with Gasteiger partial charge in [0.25, 0.3) is 0 Å². The molecule has 4 aromatic carbocycles. The Morgan fingerprint density at radius 2 is 1.13 bits per heavy atom. The fraction of sp³-hybridized carbons (Fsp3) is 0.190. The fourth-order valence-corrected chi connectivity index (χ4v) is 7.44. The summed E-state index contributed by atoms with van der Waals surface area (Å²) < 4.78 is 28.4. The molecule has 4 heterocycles. The van der Waals surface area contributed by atoms with Crippen molar-refractivity contribution in [2.24, 2.45) is 10.2 Å². The number of methoxy groups -OCH3 is 4. The van der Waals surface area contributed by atoms with Crippen molar-refractivity contribution in [1.82, 2.24) is 10.0 Å². The highest BCUT2D eigenvalue weighted by Gasteiger charge is 2.26. The average molecular weight is 743 g/mol. The standard InChI is InChI=1S/C22H20N2O4.C20H18N2O3S/c1-24-21(25)12-16-11-19(26-2)20(27-3)13-17(16)22(23-24)15-8-6-14(7-9-15)18-5-4-10-28-18;1-22-19(23)10-13-8-15(24-2)16(25-3)11-14(13)20(21-22)18-9-12-6-4-5-7-17(12)26-18/h4-11,13H,12H2,1-3H3;4-9,11H,10H2,1-3H3. The van der Waals surface area contributed by atoms with E-state index >= 15 is 0 Å². The summed E-state index contributed by atoms with van der Waals surface area (Å²) in [5, 5.41) is 13.1. The zero-order valence-corrected chi connectivity index (χ0v) is 31.5. The number of thiophene rings is 1. The van der Waals surface area contributed by atoms with Crippen LogP contribution in [0.5, 0.6) is 23.0 Å². The molecule has 2 aliphatic heterocycles. The lowest BCUT2D eigenvalue weighted by Gasteiger charge is -2.14.